The van der Waals surface area contributed by atoms with E-state index in [0.29, 0.717) is 0 Å². The quantitative estimate of drug-likeness (QED) is 0.734. The molecule has 23 heavy (non-hydrogen) atoms. The van der Waals surface area contributed by atoms with E-state index in [1.807, 2.05) is 6.07 Å². The van der Waals surface area contributed by atoms with E-state index in [0.717, 1.165) is 25.1 Å². The van der Waals surface area contributed by atoms with Crippen LogP contribution >= 0.6 is 0 Å². The van der Waals surface area contributed by atoms with Gasteiger partial charge in [-0.25, -0.2) is 0 Å². The van der Waals surface area contributed by atoms with Crippen LogP contribution in [0.3, 0.4) is 0 Å². The van der Waals surface area contributed by atoms with Crippen LogP contribution in [0.15, 0.2) is 54.6 Å². The van der Waals surface area contributed by atoms with Crippen molar-refractivity contribution < 1.29 is 0 Å². The molecule has 1 saturated heterocycles. The average Bonchev–Trinajstić information content (AvgIpc) is 2.64. The van der Waals surface area contributed by atoms with Crippen molar-refractivity contribution in [2.24, 2.45) is 0 Å². The zero-order valence-electron chi connectivity index (χ0n) is 14.0. The summed E-state index contributed by atoms with van der Waals surface area (Å²) in [7, 11) is 0. The monoisotopic (exact) mass is 303 g/mol. The van der Waals surface area contributed by atoms with Gasteiger partial charge in [-0.05, 0) is 55.6 Å². The number of rotatable bonds is 3. The molecule has 2 aromatic rings. The fraction of sp³-hybridized carbons (Fsp3) is 0.364. The first kappa shape index (κ1) is 15.8. The summed E-state index contributed by atoms with van der Waals surface area (Å²) < 4.78 is 0. The Morgan fingerprint density at radius 3 is 2.26 bits per heavy atom. The van der Waals surface area contributed by atoms with E-state index in [-0.39, 0.29) is 6.04 Å². The van der Waals surface area contributed by atoms with Gasteiger partial charge in [-0.1, -0.05) is 67.6 Å². The topological polar surface area (TPSA) is 3.24 Å². The van der Waals surface area contributed by atoms with Crippen LogP contribution in [0.5, 0.6) is 0 Å². The molecule has 1 nitrogen and oxygen atoms in total. The Morgan fingerprint density at radius 1 is 0.913 bits per heavy atom. The smallest absolute Gasteiger partial charge is 0.0974 e. The Labute approximate surface area is 140 Å². The van der Waals surface area contributed by atoms with Crippen LogP contribution in [0, 0.1) is 11.8 Å². The number of benzene rings is 2. The van der Waals surface area contributed by atoms with E-state index in [1.165, 1.54) is 30.4 Å². The van der Waals surface area contributed by atoms with Gasteiger partial charge < -0.3 is 0 Å². The van der Waals surface area contributed by atoms with Gasteiger partial charge in [0.15, 0.2) is 0 Å². The van der Waals surface area contributed by atoms with E-state index < -0.39 is 0 Å². The largest absolute Gasteiger partial charge is 0.286 e. The molecule has 118 valence electrons. The maximum atomic E-state index is 3.54. The van der Waals surface area contributed by atoms with Crippen LogP contribution in [0.25, 0.3) is 0 Å². The van der Waals surface area contributed by atoms with Gasteiger partial charge in [0.05, 0.1) is 6.04 Å². The molecule has 0 aliphatic carbocycles. The summed E-state index contributed by atoms with van der Waals surface area (Å²) in [6, 6.07) is 19.5. The molecule has 0 amide bonds. The molecule has 0 saturated carbocycles. The van der Waals surface area contributed by atoms with Gasteiger partial charge in [-0.3, -0.25) is 4.90 Å². The van der Waals surface area contributed by atoms with E-state index in [2.05, 4.69) is 72.2 Å². The molecule has 1 atom stereocenters. The molecular formula is C22H25N. The van der Waals surface area contributed by atoms with Gasteiger partial charge in [-0.15, -0.1) is 0 Å². The molecule has 0 N–H and O–H groups in total. The van der Waals surface area contributed by atoms with Crippen molar-refractivity contribution in [2.45, 2.75) is 38.6 Å². The molecule has 1 heteroatoms. The Hall–Kier alpha value is -2.04. The van der Waals surface area contributed by atoms with Crippen molar-refractivity contribution in [3.8, 4) is 11.8 Å². The van der Waals surface area contributed by atoms with Crippen molar-refractivity contribution >= 4 is 0 Å². The molecular weight excluding hydrogens is 278 g/mol. The van der Waals surface area contributed by atoms with Crippen molar-refractivity contribution in [2.75, 3.05) is 13.1 Å². The van der Waals surface area contributed by atoms with Crippen molar-refractivity contribution in [1.29, 1.82) is 0 Å². The number of likely N-dealkylation sites (tertiary alicyclic amines) is 1. The summed E-state index contributed by atoms with van der Waals surface area (Å²) in [5.41, 5.74) is 3.81. The average molecular weight is 303 g/mol. The lowest BCUT2D eigenvalue weighted by Gasteiger charge is -2.32. The molecule has 0 aromatic heterocycles. The van der Waals surface area contributed by atoms with Crippen LogP contribution in [-0.2, 0) is 6.42 Å². The highest BCUT2D eigenvalue weighted by Gasteiger charge is 2.20. The minimum atomic E-state index is 0.210. The van der Waals surface area contributed by atoms with E-state index in [9.17, 15) is 0 Å². The second kappa shape index (κ2) is 7.99. The van der Waals surface area contributed by atoms with Gasteiger partial charge >= 0.3 is 0 Å². The van der Waals surface area contributed by atoms with Crippen LogP contribution in [0.4, 0.5) is 0 Å². The number of hydrogen-bond donors (Lipinski definition) is 0. The first-order valence-electron chi connectivity index (χ1n) is 8.76. The lowest BCUT2D eigenvalue weighted by atomic mass is 10.00. The maximum absolute atomic E-state index is 3.54. The molecule has 1 aliphatic heterocycles. The minimum Gasteiger partial charge on any atom is -0.286 e. The Morgan fingerprint density at radius 2 is 1.61 bits per heavy atom. The molecule has 0 bridgehead atoms. The van der Waals surface area contributed by atoms with Gasteiger partial charge in [-0.2, -0.15) is 0 Å². The molecule has 0 spiro atoms. The van der Waals surface area contributed by atoms with Crippen molar-refractivity contribution in [3.63, 3.8) is 0 Å². The Bertz CT molecular complexity index is 655. The number of nitrogens with zero attached hydrogens (tertiary/aromatic N) is 1. The summed E-state index contributed by atoms with van der Waals surface area (Å²) in [6.07, 6.45) is 5.02. The first-order chi connectivity index (χ1) is 11.4. The van der Waals surface area contributed by atoms with Crippen LogP contribution in [0.1, 0.15) is 48.9 Å². The van der Waals surface area contributed by atoms with Gasteiger partial charge in [0.25, 0.3) is 0 Å². The molecule has 2 aromatic carbocycles. The highest BCUT2D eigenvalue weighted by Crippen LogP contribution is 2.24. The van der Waals surface area contributed by atoms with Gasteiger partial charge in [0, 0.05) is 5.56 Å². The highest BCUT2D eigenvalue weighted by atomic mass is 15.2. The van der Waals surface area contributed by atoms with Gasteiger partial charge in [0.1, 0.15) is 0 Å². The third kappa shape index (κ3) is 4.24. The van der Waals surface area contributed by atoms with Crippen molar-refractivity contribution in [1.82, 2.24) is 4.90 Å². The summed E-state index contributed by atoms with van der Waals surface area (Å²) >= 11 is 0. The molecule has 3 rings (SSSR count). The minimum absolute atomic E-state index is 0.210. The third-order valence-electron chi connectivity index (χ3n) is 4.59. The lowest BCUT2D eigenvalue weighted by molar-refractivity contribution is 0.197. The summed E-state index contributed by atoms with van der Waals surface area (Å²) in [6.45, 7) is 4.51. The standard InChI is InChI=1S/C22H25N/c1-2-19-11-14-21(15-12-19)22(23-17-7-4-8-18-23)16-13-20-9-5-3-6-10-20/h3,5-6,9-12,14-15,22H,2,4,7-8,17-18H2,1H3. The highest BCUT2D eigenvalue weighted by molar-refractivity contribution is 5.38. The maximum Gasteiger partial charge on any atom is 0.0974 e. The van der Waals surface area contributed by atoms with Crippen LogP contribution < -0.4 is 0 Å². The van der Waals surface area contributed by atoms with E-state index in [1.54, 1.807) is 0 Å². The van der Waals surface area contributed by atoms with E-state index in [4.69, 9.17) is 0 Å². The second-order valence-corrected chi connectivity index (χ2v) is 6.23. The Balaban J connectivity index is 1.88. The fourth-order valence-corrected chi connectivity index (χ4v) is 3.17. The molecule has 1 aliphatic rings. The summed E-state index contributed by atoms with van der Waals surface area (Å²) in [5, 5.41) is 0. The van der Waals surface area contributed by atoms with Gasteiger partial charge in [0.2, 0.25) is 0 Å². The molecule has 1 heterocycles. The Kier molecular flexibility index (Phi) is 5.51. The normalized spacial score (nSPS) is 16.4. The molecule has 1 unspecified atom stereocenters. The summed E-state index contributed by atoms with van der Waals surface area (Å²) in [5.74, 6) is 6.91. The predicted octanol–water partition coefficient (Wildman–Crippen LogP) is 4.83. The zero-order valence-corrected chi connectivity index (χ0v) is 14.0. The lowest BCUT2D eigenvalue weighted by Crippen LogP contribution is -2.33. The van der Waals surface area contributed by atoms with Crippen LogP contribution in [0.2, 0.25) is 0 Å². The SMILES string of the molecule is CCc1ccc(C(C#Cc2ccccc2)N2CCCCC2)cc1. The van der Waals surface area contributed by atoms with E-state index >= 15 is 0 Å². The number of hydrogen-bond acceptors (Lipinski definition) is 1. The molecule has 1 fully saturated rings. The number of piperidine rings is 1. The predicted molar refractivity (Wildman–Crippen MR) is 97.3 cm³/mol. The van der Waals surface area contributed by atoms with Crippen LogP contribution in [-0.4, -0.2) is 18.0 Å². The number of aryl methyl sites for hydroxylation is 1. The fourth-order valence-electron chi connectivity index (χ4n) is 3.17. The van der Waals surface area contributed by atoms with Crippen molar-refractivity contribution in [3.05, 3.63) is 71.3 Å². The zero-order chi connectivity index (χ0) is 15.9. The second-order valence-electron chi connectivity index (χ2n) is 6.23. The third-order valence-corrected chi connectivity index (χ3v) is 4.59. The summed E-state index contributed by atoms with van der Waals surface area (Å²) in [4.78, 5) is 2.54. The first-order valence-corrected chi connectivity index (χ1v) is 8.76. The molecule has 0 radical (unpaired) electrons.